The normalized spacial score (nSPS) is 18.8. The molecular weight excluding hydrogens is 500 g/mol. The fraction of sp³-hybridized carbons (Fsp3) is 0.424. The van der Waals surface area contributed by atoms with Gasteiger partial charge in [0, 0.05) is 68.1 Å². The van der Waals surface area contributed by atoms with Crippen LogP contribution in [-0.4, -0.2) is 62.9 Å². The molecule has 2 fully saturated rings. The van der Waals surface area contributed by atoms with Gasteiger partial charge in [-0.25, -0.2) is 0 Å². The summed E-state index contributed by atoms with van der Waals surface area (Å²) in [6.07, 6.45) is 3.99. The highest BCUT2D eigenvalue weighted by atomic mass is 16.5. The number of dihydropyridines is 1. The molecule has 40 heavy (non-hydrogen) atoms. The number of allylic oxidation sites excluding steroid dienone is 3. The highest BCUT2D eigenvalue weighted by Crippen LogP contribution is 2.31. The zero-order valence-corrected chi connectivity index (χ0v) is 24.1. The number of amides is 1. The van der Waals surface area contributed by atoms with E-state index in [4.69, 9.17) is 9.47 Å². The molecule has 7 heteroatoms. The lowest BCUT2D eigenvalue weighted by molar-refractivity contribution is 0.0342. The number of hydrogen-bond acceptors (Lipinski definition) is 6. The third-order valence-electron chi connectivity index (χ3n) is 8.08. The average molecular weight is 543 g/mol. The van der Waals surface area contributed by atoms with Gasteiger partial charge in [0.25, 0.3) is 5.91 Å². The van der Waals surface area contributed by atoms with Crippen LogP contribution in [0.4, 0.5) is 5.69 Å². The van der Waals surface area contributed by atoms with Crippen LogP contribution in [0.3, 0.4) is 0 Å². The highest BCUT2D eigenvalue weighted by Gasteiger charge is 2.20. The van der Waals surface area contributed by atoms with Crippen molar-refractivity contribution in [1.29, 1.82) is 0 Å². The van der Waals surface area contributed by atoms with Crippen molar-refractivity contribution >= 4 is 11.6 Å². The smallest absolute Gasteiger partial charge is 0.251 e. The summed E-state index contributed by atoms with van der Waals surface area (Å²) < 4.78 is 11.1. The minimum Gasteiger partial charge on any atom is -0.382 e. The first-order valence-corrected chi connectivity index (χ1v) is 14.4. The first-order chi connectivity index (χ1) is 19.4. The Bertz CT molecular complexity index is 1300. The van der Waals surface area contributed by atoms with Crippen LogP contribution in [0.15, 0.2) is 71.6 Å². The molecule has 0 saturated carbocycles. The fourth-order valence-corrected chi connectivity index (χ4v) is 5.66. The van der Waals surface area contributed by atoms with Gasteiger partial charge in [0.05, 0.1) is 13.2 Å². The molecule has 0 unspecified atom stereocenters. The standard InChI is InChI=1S/C33H42N4O3/c1-22-17-23(2)35-25(4)31(22)20-34-33(38)30-18-28(19-32(24(30)3)36-29-9-13-39-14-10-29)27-7-5-26(6-8-27)21-37-11-15-40-16-12-37/h5-8,17-19,29,35-36H,4,9-16,20-21H2,1-3H3,(H,34,38). The number of benzene rings is 2. The summed E-state index contributed by atoms with van der Waals surface area (Å²) in [7, 11) is 0. The molecule has 0 spiro atoms. The Kier molecular flexibility index (Phi) is 9.04. The van der Waals surface area contributed by atoms with E-state index < -0.39 is 0 Å². The summed E-state index contributed by atoms with van der Waals surface area (Å²) in [5.74, 6) is -0.0855. The Labute approximate surface area is 238 Å². The minimum atomic E-state index is -0.0855. The van der Waals surface area contributed by atoms with Crippen molar-refractivity contribution in [2.24, 2.45) is 0 Å². The molecule has 0 radical (unpaired) electrons. The first kappa shape index (κ1) is 28.1. The largest absolute Gasteiger partial charge is 0.382 e. The van der Waals surface area contributed by atoms with Gasteiger partial charge >= 0.3 is 0 Å². The Balaban J connectivity index is 1.39. The summed E-state index contributed by atoms with van der Waals surface area (Å²) in [6.45, 7) is 16.6. The van der Waals surface area contributed by atoms with Crippen LogP contribution in [0.25, 0.3) is 11.1 Å². The molecule has 0 aromatic heterocycles. The highest BCUT2D eigenvalue weighted by molar-refractivity contribution is 5.99. The fourth-order valence-electron chi connectivity index (χ4n) is 5.66. The Hall–Kier alpha value is -3.39. The van der Waals surface area contributed by atoms with Crippen molar-refractivity contribution in [3.05, 3.63) is 88.3 Å². The van der Waals surface area contributed by atoms with Crippen LogP contribution < -0.4 is 16.0 Å². The zero-order chi connectivity index (χ0) is 28.1. The maximum Gasteiger partial charge on any atom is 0.251 e. The molecule has 3 heterocycles. The molecule has 3 aliphatic heterocycles. The molecule has 2 aromatic rings. The van der Waals surface area contributed by atoms with E-state index in [0.29, 0.717) is 18.2 Å². The molecule has 0 bridgehead atoms. The number of nitrogens with zero attached hydrogens (tertiary/aromatic N) is 1. The monoisotopic (exact) mass is 542 g/mol. The maximum absolute atomic E-state index is 13.6. The van der Waals surface area contributed by atoms with Crippen molar-refractivity contribution in [3.63, 3.8) is 0 Å². The number of hydrogen-bond donors (Lipinski definition) is 3. The Morgan fingerprint density at radius 3 is 2.40 bits per heavy atom. The topological polar surface area (TPSA) is 74.9 Å². The van der Waals surface area contributed by atoms with E-state index >= 15 is 0 Å². The molecule has 3 N–H and O–H groups in total. The van der Waals surface area contributed by atoms with Crippen molar-refractivity contribution in [2.45, 2.75) is 46.2 Å². The number of nitrogens with one attached hydrogen (secondary N) is 3. The lowest BCUT2D eigenvalue weighted by atomic mass is 9.95. The SMILES string of the molecule is C=C1NC(C)=CC(C)=C1CNC(=O)c1cc(-c2ccc(CN3CCOCC3)cc2)cc(NC2CCOCC2)c1C. The van der Waals surface area contributed by atoms with Crippen LogP contribution in [-0.2, 0) is 16.0 Å². The van der Waals surface area contributed by atoms with E-state index in [9.17, 15) is 4.79 Å². The van der Waals surface area contributed by atoms with Gasteiger partial charge in [0.2, 0.25) is 0 Å². The van der Waals surface area contributed by atoms with E-state index in [2.05, 4.69) is 70.8 Å². The maximum atomic E-state index is 13.6. The molecule has 212 valence electrons. The second kappa shape index (κ2) is 12.9. The number of carbonyl (C=O) groups excluding carboxylic acids is 1. The zero-order valence-electron chi connectivity index (χ0n) is 24.1. The minimum absolute atomic E-state index is 0.0855. The number of carbonyl (C=O) groups is 1. The molecule has 0 atom stereocenters. The summed E-state index contributed by atoms with van der Waals surface area (Å²) in [6, 6.07) is 13.3. The second-order valence-corrected chi connectivity index (χ2v) is 11.1. The van der Waals surface area contributed by atoms with E-state index in [1.54, 1.807) is 0 Å². The lowest BCUT2D eigenvalue weighted by Gasteiger charge is -2.27. The number of anilines is 1. The number of rotatable bonds is 8. The van der Waals surface area contributed by atoms with Gasteiger partial charge in [-0.1, -0.05) is 30.8 Å². The molecular formula is C33H42N4O3. The predicted molar refractivity (Wildman–Crippen MR) is 161 cm³/mol. The van der Waals surface area contributed by atoms with E-state index in [1.807, 2.05) is 19.9 Å². The molecule has 1 amide bonds. The van der Waals surface area contributed by atoms with E-state index in [1.165, 1.54) is 5.56 Å². The molecule has 5 rings (SSSR count). The van der Waals surface area contributed by atoms with Crippen LogP contribution in [0.2, 0.25) is 0 Å². The van der Waals surface area contributed by atoms with Gasteiger partial charge in [0.1, 0.15) is 0 Å². The molecule has 2 saturated heterocycles. The van der Waals surface area contributed by atoms with Crippen molar-refractivity contribution in [2.75, 3.05) is 51.4 Å². The third kappa shape index (κ3) is 6.84. The summed E-state index contributed by atoms with van der Waals surface area (Å²) in [5, 5.41) is 10.2. The second-order valence-electron chi connectivity index (χ2n) is 11.1. The van der Waals surface area contributed by atoms with Crippen LogP contribution in [0, 0.1) is 6.92 Å². The van der Waals surface area contributed by atoms with Gasteiger partial charge < -0.3 is 25.4 Å². The summed E-state index contributed by atoms with van der Waals surface area (Å²) in [5.41, 5.74) is 10.1. The lowest BCUT2D eigenvalue weighted by Crippen LogP contribution is -2.35. The van der Waals surface area contributed by atoms with E-state index in [0.717, 1.165) is 104 Å². The number of ether oxygens (including phenoxy) is 2. The molecule has 7 nitrogen and oxygen atoms in total. The van der Waals surface area contributed by atoms with Crippen molar-refractivity contribution in [1.82, 2.24) is 15.5 Å². The van der Waals surface area contributed by atoms with Gasteiger partial charge in [-0.05, 0) is 85.2 Å². The van der Waals surface area contributed by atoms with Crippen LogP contribution in [0.5, 0.6) is 0 Å². The average Bonchev–Trinajstić information content (AvgIpc) is 2.95. The number of morpholine rings is 1. The Morgan fingerprint density at radius 2 is 1.70 bits per heavy atom. The first-order valence-electron chi connectivity index (χ1n) is 14.4. The molecule has 3 aliphatic rings. The van der Waals surface area contributed by atoms with Gasteiger partial charge in [-0.15, -0.1) is 0 Å². The van der Waals surface area contributed by atoms with E-state index in [-0.39, 0.29) is 5.91 Å². The predicted octanol–water partition coefficient (Wildman–Crippen LogP) is 5.15. The third-order valence-corrected chi connectivity index (χ3v) is 8.08. The van der Waals surface area contributed by atoms with Crippen LogP contribution in [0.1, 0.15) is 48.2 Å². The summed E-state index contributed by atoms with van der Waals surface area (Å²) in [4.78, 5) is 16.1. The summed E-state index contributed by atoms with van der Waals surface area (Å²) >= 11 is 0. The molecule has 2 aromatic carbocycles. The van der Waals surface area contributed by atoms with Gasteiger partial charge in [-0.2, -0.15) is 0 Å². The Morgan fingerprint density at radius 1 is 1.00 bits per heavy atom. The molecule has 0 aliphatic carbocycles. The quantitative estimate of drug-likeness (QED) is 0.428. The van der Waals surface area contributed by atoms with Crippen molar-refractivity contribution in [3.8, 4) is 11.1 Å². The van der Waals surface area contributed by atoms with Crippen molar-refractivity contribution < 1.29 is 14.3 Å². The van der Waals surface area contributed by atoms with Gasteiger partial charge in [0.15, 0.2) is 0 Å². The van der Waals surface area contributed by atoms with Gasteiger partial charge in [-0.3, -0.25) is 9.69 Å². The van der Waals surface area contributed by atoms with Crippen LogP contribution >= 0.6 is 0 Å².